The molecule has 1 amide bonds. The Morgan fingerprint density at radius 2 is 1.89 bits per heavy atom. The highest BCUT2D eigenvalue weighted by Crippen LogP contribution is 2.22. The number of rotatable bonds is 6. The van der Waals surface area contributed by atoms with Crippen LogP contribution in [0.5, 0.6) is 5.88 Å². The molecule has 0 aliphatic heterocycles. The molecule has 0 aliphatic rings. The van der Waals surface area contributed by atoms with Gasteiger partial charge in [0, 0.05) is 17.4 Å². The number of nitrogens with one attached hydrogen (secondary N) is 3. The summed E-state index contributed by atoms with van der Waals surface area (Å²) in [7, 11) is 0. The normalized spacial score (nSPS) is 10.1. The van der Waals surface area contributed by atoms with E-state index in [0.717, 1.165) is 12.3 Å². The van der Waals surface area contributed by atoms with Gasteiger partial charge in [-0.2, -0.15) is 4.98 Å². The number of halogens is 1. The molecule has 0 spiro atoms. The van der Waals surface area contributed by atoms with Crippen molar-refractivity contribution in [2.75, 3.05) is 16.0 Å². The largest absolute Gasteiger partial charge is 0.493 e. The molecule has 2 heterocycles. The van der Waals surface area contributed by atoms with E-state index in [1.165, 1.54) is 12.3 Å². The molecule has 9 heteroatoms. The third kappa shape index (κ3) is 4.75. The Morgan fingerprint density at radius 3 is 2.63 bits per heavy atom. The highest BCUT2D eigenvalue weighted by atomic mass is 19.1. The predicted molar refractivity (Wildman–Crippen MR) is 99.7 cm³/mol. The fourth-order valence-corrected chi connectivity index (χ4v) is 2.11. The molecule has 0 fully saturated rings. The predicted octanol–water partition coefficient (Wildman–Crippen LogP) is 3.33. The first-order valence-corrected chi connectivity index (χ1v) is 7.78. The fraction of sp³-hybridized carbons (Fsp3) is 0. The zero-order valence-electron chi connectivity index (χ0n) is 14.0. The number of nitrogens with zero attached hydrogens (tertiary/aromatic N) is 3. The third-order valence-corrected chi connectivity index (χ3v) is 3.33. The van der Waals surface area contributed by atoms with Gasteiger partial charge in [-0.05, 0) is 30.3 Å². The summed E-state index contributed by atoms with van der Waals surface area (Å²) < 4.78 is 14.1. The number of carbonyl (C=O) groups is 1. The van der Waals surface area contributed by atoms with Gasteiger partial charge in [0.2, 0.25) is 17.7 Å². The summed E-state index contributed by atoms with van der Waals surface area (Å²) in [6.07, 6.45) is 3.57. The van der Waals surface area contributed by atoms with E-state index in [9.17, 15) is 14.3 Å². The summed E-state index contributed by atoms with van der Waals surface area (Å²) in [5.41, 5.74) is 1.57. The molecule has 0 aliphatic carbocycles. The third-order valence-electron chi connectivity index (χ3n) is 3.33. The first-order valence-electron chi connectivity index (χ1n) is 7.78. The lowest BCUT2D eigenvalue weighted by Gasteiger charge is -2.10. The van der Waals surface area contributed by atoms with Gasteiger partial charge in [-0.15, -0.1) is 0 Å². The second-order valence-electron chi connectivity index (χ2n) is 5.32. The minimum absolute atomic E-state index is 0.0496. The maximum atomic E-state index is 14.1. The average Bonchev–Trinajstić information content (AvgIpc) is 2.66. The number of anilines is 5. The number of carbonyl (C=O) groups excluding carboxylic acids is 1. The second-order valence-corrected chi connectivity index (χ2v) is 5.32. The van der Waals surface area contributed by atoms with E-state index in [2.05, 4.69) is 37.5 Å². The summed E-state index contributed by atoms with van der Waals surface area (Å²) in [5, 5.41) is 17.5. The Morgan fingerprint density at radius 1 is 1.07 bits per heavy atom. The quantitative estimate of drug-likeness (QED) is 0.495. The lowest BCUT2D eigenvalue weighted by atomic mass is 10.2. The molecule has 0 saturated heterocycles. The van der Waals surface area contributed by atoms with Gasteiger partial charge in [0.05, 0.1) is 18.1 Å². The van der Waals surface area contributed by atoms with Gasteiger partial charge in [0.25, 0.3) is 0 Å². The molecular weight excluding hydrogens is 351 g/mol. The Hall–Kier alpha value is -4.01. The first-order chi connectivity index (χ1) is 13.0. The lowest BCUT2D eigenvalue weighted by molar-refractivity contribution is -0.111. The van der Waals surface area contributed by atoms with E-state index in [1.807, 2.05) is 0 Å². The average molecular weight is 366 g/mol. The highest BCUT2D eigenvalue weighted by molar-refractivity contribution is 5.99. The molecular formula is C18H15FN6O2. The van der Waals surface area contributed by atoms with E-state index < -0.39 is 5.82 Å². The highest BCUT2D eigenvalue weighted by Gasteiger charge is 2.09. The minimum Gasteiger partial charge on any atom is -0.493 e. The van der Waals surface area contributed by atoms with Crippen LogP contribution in [0, 0.1) is 5.82 Å². The van der Waals surface area contributed by atoms with E-state index >= 15 is 0 Å². The van der Waals surface area contributed by atoms with Crippen LogP contribution in [0.1, 0.15) is 0 Å². The van der Waals surface area contributed by atoms with Crippen LogP contribution in [-0.4, -0.2) is 26.0 Å². The Kier molecular flexibility index (Phi) is 5.22. The van der Waals surface area contributed by atoms with Crippen LogP contribution in [0.25, 0.3) is 0 Å². The molecule has 0 atom stereocenters. The molecule has 2 aromatic heterocycles. The first kappa shape index (κ1) is 17.8. The Balaban J connectivity index is 1.78. The van der Waals surface area contributed by atoms with Gasteiger partial charge in [-0.3, -0.25) is 4.79 Å². The van der Waals surface area contributed by atoms with Crippen molar-refractivity contribution in [2.45, 2.75) is 0 Å². The zero-order chi connectivity index (χ0) is 19.2. The smallest absolute Gasteiger partial charge is 0.247 e. The van der Waals surface area contributed by atoms with Crippen LogP contribution in [-0.2, 0) is 4.79 Å². The number of hydrogen-bond donors (Lipinski definition) is 4. The van der Waals surface area contributed by atoms with Crippen molar-refractivity contribution in [1.82, 2.24) is 15.0 Å². The number of hydrogen-bond acceptors (Lipinski definition) is 7. The van der Waals surface area contributed by atoms with Gasteiger partial charge in [0.15, 0.2) is 11.6 Å². The number of aromatic nitrogens is 3. The second kappa shape index (κ2) is 7.91. The van der Waals surface area contributed by atoms with Gasteiger partial charge >= 0.3 is 0 Å². The van der Waals surface area contributed by atoms with Gasteiger partial charge in [-0.1, -0.05) is 12.6 Å². The molecule has 3 aromatic rings. The SMILES string of the molecule is C=CC(=O)Nc1cccc(Nc2nc(Nc3ccc(O)nc3)ncc2F)c1. The van der Waals surface area contributed by atoms with E-state index in [1.54, 1.807) is 30.3 Å². The lowest BCUT2D eigenvalue weighted by Crippen LogP contribution is -2.07. The van der Waals surface area contributed by atoms with Crippen molar-refractivity contribution in [3.63, 3.8) is 0 Å². The van der Waals surface area contributed by atoms with Crippen LogP contribution in [0.3, 0.4) is 0 Å². The molecule has 3 rings (SSSR count). The van der Waals surface area contributed by atoms with Crippen molar-refractivity contribution in [2.24, 2.45) is 0 Å². The molecule has 8 nitrogen and oxygen atoms in total. The van der Waals surface area contributed by atoms with Crippen LogP contribution in [0.2, 0.25) is 0 Å². The number of pyridine rings is 1. The number of amides is 1. The molecule has 0 unspecified atom stereocenters. The minimum atomic E-state index is -0.648. The van der Waals surface area contributed by atoms with E-state index in [4.69, 9.17) is 0 Å². The monoisotopic (exact) mass is 366 g/mol. The summed E-state index contributed by atoms with van der Waals surface area (Å²) in [5.74, 6) is -1.03. The van der Waals surface area contributed by atoms with Gasteiger partial charge in [0.1, 0.15) is 0 Å². The van der Waals surface area contributed by atoms with Crippen LogP contribution in [0.4, 0.5) is 33.2 Å². The van der Waals surface area contributed by atoms with Crippen LogP contribution in [0.15, 0.2) is 61.4 Å². The number of aromatic hydroxyl groups is 1. The maximum Gasteiger partial charge on any atom is 0.247 e. The topological polar surface area (TPSA) is 112 Å². The zero-order valence-corrected chi connectivity index (χ0v) is 14.0. The molecule has 0 bridgehead atoms. The van der Waals surface area contributed by atoms with Crippen molar-refractivity contribution >= 4 is 34.7 Å². The summed E-state index contributed by atoms with van der Waals surface area (Å²) in [6.45, 7) is 3.39. The fourth-order valence-electron chi connectivity index (χ4n) is 2.11. The van der Waals surface area contributed by atoms with Crippen LogP contribution < -0.4 is 16.0 Å². The molecule has 0 radical (unpaired) electrons. The van der Waals surface area contributed by atoms with Crippen molar-refractivity contribution in [3.05, 3.63) is 67.3 Å². The summed E-state index contributed by atoms with van der Waals surface area (Å²) in [4.78, 5) is 23.1. The summed E-state index contributed by atoms with van der Waals surface area (Å²) >= 11 is 0. The van der Waals surface area contributed by atoms with Gasteiger partial charge < -0.3 is 21.1 Å². The van der Waals surface area contributed by atoms with Crippen molar-refractivity contribution in [1.29, 1.82) is 0 Å². The van der Waals surface area contributed by atoms with E-state index in [-0.39, 0.29) is 23.6 Å². The maximum absolute atomic E-state index is 14.1. The Labute approximate surface area is 153 Å². The molecule has 27 heavy (non-hydrogen) atoms. The van der Waals surface area contributed by atoms with Crippen molar-refractivity contribution < 1.29 is 14.3 Å². The standard InChI is InChI=1S/C18H15FN6O2/c1-2-15(26)22-11-4-3-5-12(8-11)23-17-14(19)10-21-18(25-17)24-13-6-7-16(27)20-9-13/h2-10H,1H2,(H,20,27)(H,22,26)(H2,21,23,24,25). The molecule has 0 saturated carbocycles. The van der Waals surface area contributed by atoms with Crippen LogP contribution >= 0.6 is 0 Å². The number of benzene rings is 1. The van der Waals surface area contributed by atoms with Gasteiger partial charge in [-0.25, -0.2) is 14.4 Å². The summed E-state index contributed by atoms with van der Waals surface area (Å²) in [6, 6.07) is 9.68. The van der Waals surface area contributed by atoms with E-state index in [0.29, 0.717) is 17.1 Å². The molecule has 1 aromatic carbocycles. The Bertz CT molecular complexity index is 978. The molecule has 136 valence electrons. The molecule has 4 N–H and O–H groups in total. The van der Waals surface area contributed by atoms with Crippen molar-refractivity contribution in [3.8, 4) is 5.88 Å².